The van der Waals surface area contributed by atoms with Crippen LogP contribution in [0.25, 0.3) is 0 Å². The predicted molar refractivity (Wildman–Crippen MR) is 70.2 cm³/mol. The summed E-state index contributed by atoms with van der Waals surface area (Å²) in [5, 5.41) is 9.57. The van der Waals surface area contributed by atoms with Crippen LogP contribution in [-0.4, -0.2) is 21.4 Å². The Labute approximate surface area is 116 Å². The fraction of sp³-hybridized carbons (Fsp3) is 0.182. The minimum Gasteiger partial charge on any atom is -0.325 e. The zero-order valence-corrected chi connectivity index (χ0v) is 11.4. The minimum atomic E-state index is -0.998. The first-order valence-corrected chi connectivity index (χ1v) is 7.01. The van der Waals surface area contributed by atoms with Crippen molar-refractivity contribution in [3.05, 3.63) is 35.3 Å². The first-order valence-electron chi connectivity index (χ1n) is 5.25. The Balaban J connectivity index is 1.98. The first kappa shape index (κ1) is 13.9. The van der Waals surface area contributed by atoms with Gasteiger partial charge in [0.05, 0.1) is 5.25 Å². The van der Waals surface area contributed by atoms with Crippen molar-refractivity contribution in [1.29, 1.82) is 0 Å². The molecule has 1 amide bonds. The van der Waals surface area contributed by atoms with Gasteiger partial charge in [0.2, 0.25) is 5.91 Å². The molecule has 0 saturated heterocycles. The van der Waals surface area contributed by atoms with Crippen molar-refractivity contribution >= 4 is 34.7 Å². The summed E-state index contributed by atoms with van der Waals surface area (Å²) in [6, 6.07) is 3.21. The van der Waals surface area contributed by atoms with Crippen LogP contribution in [-0.2, 0) is 4.79 Å². The fourth-order valence-corrected chi connectivity index (χ4v) is 2.86. The number of hydrogen-bond acceptors (Lipinski definition) is 5. The highest BCUT2D eigenvalue weighted by atomic mass is 32.2. The second-order valence-corrected chi connectivity index (χ2v) is 6.00. The van der Waals surface area contributed by atoms with Gasteiger partial charge in [-0.25, -0.2) is 8.78 Å². The number of amides is 1. The van der Waals surface area contributed by atoms with Gasteiger partial charge in [0, 0.05) is 11.8 Å². The SMILES string of the molecule is C[C@H](Sc1nncs1)C(=O)Nc1ccc(F)c(F)c1. The average Bonchev–Trinajstić information content (AvgIpc) is 2.86. The normalized spacial score (nSPS) is 12.2. The van der Waals surface area contributed by atoms with Gasteiger partial charge in [0.1, 0.15) is 5.51 Å². The Kier molecular flexibility index (Phi) is 4.43. The molecule has 2 rings (SSSR count). The quantitative estimate of drug-likeness (QED) is 0.882. The molecule has 0 aliphatic carbocycles. The van der Waals surface area contributed by atoms with Gasteiger partial charge in [-0.3, -0.25) is 4.79 Å². The lowest BCUT2D eigenvalue weighted by Gasteiger charge is -2.10. The molecule has 0 bridgehead atoms. The third-order valence-corrected chi connectivity index (χ3v) is 4.09. The van der Waals surface area contributed by atoms with Crippen LogP contribution in [0.2, 0.25) is 0 Å². The Morgan fingerprint density at radius 1 is 1.42 bits per heavy atom. The third-order valence-electron chi connectivity index (χ3n) is 2.17. The van der Waals surface area contributed by atoms with Gasteiger partial charge in [0.25, 0.3) is 0 Å². The van der Waals surface area contributed by atoms with Crippen LogP contribution in [0.4, 0.5) is 14.5 Å². The van der Waals surface area contributed by atoms with E-state index in [2.05, 4.69) is 15.5 Å². The van der Waals surface area contributed by atoms with Crippen molar-refractivity contribution in [3.63, 3.8) is 0 Å². The molecule has 100 valence electrons. The number of halogens is 2. The van der Waals surface area contributed by atoms with E-state index in [4.69, 9.17) is 0 Å². The Morgan fingerprint density at radius 3 is 2.84 bits per heavy atom. The van der Waals surface area contributed by atoms with Crippen LogP contribution in [0.3, 0.4) is 0 Å². The lowest BCUT2D eigenvalue weighted by Crippen LogP contribution is -2.22. The standard InChI is InChI=1S/C11H9F2N3OS2/c1-6(19-11-16-14-5-18-11)10(17)15-7-2-3-8(12)9(13)4-7/h2-6H,1H3,(H,15,17)/t6-/m0/s1. The molecular weight excluding hydrogens is 292 g/mol. The predicted octanol–water partition coefficient (Wildman–Crippen LogP) is 2.94. The van der Waals surface area contributed by atoms with Gasteiger partial charge >= 0.3 is 0 Å². The number of hydrogen-bond donors (Lipinski definition) is 1. The second kappa shape index (κ2) is 6.07. The van der Waals surface area contributed by atoms with Crippen LogP contribution in [0.15, 0.2) is 28.0 Å². The number of anilines is 1. The van der Waals surface area contributed by atoms with Gasteiger partial charge < -0.3 is 5.32 Å². The summed E-state index contributed by atoms with van der Waals surface area (Å²) in [6.07, 6.45) is 0. The summed E-state index contributed by atoms with van der Waals surface area (Å²) in [5.74, 6) is -2.26. The van der Waals surface area contributed by atoms with Crippen LogP contribution >= 0.6 is 23.1 Å². The van der Waals surface area contributed by atoms with E-state index >= 15 is 0 Å². The van der Waals surface area contributed by atoms with Crippen molar-refractivity contribution in [1.82, 2.24) is 10.2 Å². The molecule has 1 N–H and O–H groups in total. The van der Waals surface area contributed by atoms with E-state index in [9.17, 15) is 13.6 Å². The first-order chi connectivity index (χ1) is 9.06. The summed E-state index contributed by atoms with van der Waals surface area (Å²) < 4.78 is 26.4. The Morgan fingerprint density at radius 2 is 2.21 bits per heavy atom. The average molecular weight is 301 g/mol. The molecule has 0 spiro atoms. The van der Waals surface area contributed by atoms with E-state index < -0.39 is 16.9 Å². The summed E-state index contributed by atoms with van der Waals surface area (Å²) in [4.78, 5) is 11.8. The van der Waals surface area contributed by atoms with E-state index in [0.29, 0.717) is 4.34 Å². The molecule has 1 heterocycles. The van der Waals surface area contributed by atoms with Crippen molar-refractivity contribution in [2.24, 2.45) is 0 Å². The van der Waals surface area contributed by atoms with Crippen molar-refractivity contribution in [2.45, 2.75) is 16.5 Å². The number of aromatic nitrogens is 2. The Bertz CT molecular complexity index is 577. The van der Waals surface area contributed by atoms with E-state index in [-0.39, 0.29) is 11.6 Å². The number of thioether (sulfide) groups is 1. The topological polar surface area (TPSA) is 54.9 Å². The molecule has 0 fully saturated rings. The van der Waals surface area contributed by atoms with Gasteiger partial charge in [-0.2, -0.15) is 0 Å². The number of rotatable bonds is 4. The largest absolute Gasteiger partial charge is 0.325 e. The smallest absolute Gasteiger partial charge is 0.237 e. The highest BCUT2D eigenvalue weighted by molar-refractivity contribution is 8.02. The molecule has 0 radical (unpaired) electrons. The maximum absolute atomic E-state index is 13.0. The van der Waals surface area contributed by atoms with Gasteiger partial charge in [-0.05, 0) is 19.1 Å². The number of carbonyl (C=O) groups is 1. The summed E-state index contributed by atoms with van der Waals surface area (Å²) in [7, 11) is 0. The summed E-state index contributed by atoms with van der Waals surface area (Å²) in [6.45, 7) is 1.70. The number of nitrogens with zero attached hydrogens (tertiary/aromatic N) is 2. The molecule has 2 aromatic rings. The zero-order valence-electron chi connectivity index (χ0n) is 9.76. The van der Waals surface area contributed by atoms with Crippen molar-refractivity contribution in [2.75, 3.05) is 5.32 Å². The molecule has 0 unspecified atom stereocenters. The van der Waals surface area contributed by atoms with E-state index in [1.807, 2.05) is 0 Å². The second-order valence-electron chi connectivity index (χ2n) is 3.58. The molecule has 1 atom stereocenters. The third kappa shape index (κ3) is 3.71. The maximum atomic E-state index is 13.0. The lowest BCUT2D eigenvalue weighted by atomic mass is 10.3. The minimum absolute atomic E-state index is 0.216. The highest BCUT2D eigenvalue weighted by Crippen LogP contribution is 2.25. The van der Waals surface area contributed by atoms with E-state index in [0.717, 1.165) is 12.1 Å². The van der Waals surface area contributed by atoms with Crippen molar-refractivity contribution in [3.8, 4) is 0 Å². The van der Waals surface area contributed by atoms with Crippen LogP contribution in [0, 0.1) is 11.6 Å². The molecular formula is C11H9F2N3OS2. The van der Waals surface area contributed by atoms with Crippen LogP contribution in [0.5, 0.6) is 0 Å². The molecule has 1 aromatic carbocycles. The molecule has 0 aliphatic heterocycles. The molecule has 0 saturated carbocycles. The van der Waals surface area contributed by atoms with E-state index in [1.165, 1.54) is 29.2 Å². The molecule has 19 heavy (non-hydrogen) atoms. The molecule has 1 aromatic heterocycles. The maximum Gasteiger partial charge on any atom is 0.237 e. The van der Waals surface area contributed by atoms with Gasteiger partial charge in [0.15, 0.2) is 16.0 Å². The molecule has 4 nitrogen and oxygen atoms in total. The highest BCUT2D eigenvalue weighted by Gasteiger charge is 2.16. The van der Waals surface area contributed by atoms with Gasteiger partial charge in [-0.15, -0.1) is 10.2 Å². The van der Waals surface area contributed by atoms with Gasteiger partial charge in [-0.1, -0.05) is 23.1 Å². The number of nitrogens with one attached hydrogen (secondary N) is 1. The lowest BCUT2D eigenvalue weighted by molar-refractivity contribution is -0.115. The molecule has 8 heteroatoms. The monoisotopic (exact) mass is 301 g/mol. The summed E-state index contributed by atoms with van der Waals surface area (Å²) >= 11 is 2.58. The Hall–Kier alpha value is -1.54. The number of carbonyl (C=O) groups excluding carboxylic acids is 1. The van der Waals surface area contributed by atoms with Crippen LogP contribution in [0.1, 0.15) is 6.92 Å². The fourth-order valence-electron chi connectivity index (χ4n) is 1.24. The van der Waals surface area contributed by atoms with Crippen molar-refractivity contribution < 1.29 is 13.6 Å². The molecule has 0 aliphatic rings. The number of benzene rings is 1. The summed E-state index contributed by atoms with van der Waals surface area (Å²) in [5.41, 5.74) is 1.79. The zero-order chi connectivity index (χ0) is 13.8. The van der Waals surface area contributed by atoms with Crippen LogP contribution < -0.4 is 5.32 Å². The van der Waals surface area contributed by atoms with E-state index in [1.54, 1.807) is 12.4 Å².